The number of hydrogen-bond acceptors (Lipinski definition) is 4. The number of benzene rings is 2. The fraction of sp³-hybridized carbons (Fsp3) is 0.304. The molecule has 0 amide bonds. The van der Waals surface area contributed by atoms with Crippen LogP contribution in [-0.2, 0) is 0 Å². The van der Waals surface area contributed by atoms with E-state index >= 15 is 0 Å². The second-order valence-electron chi connectivity index (χ2n) is 8.02. The fourth-order valence-corrected chi connectivity index (χ4v) is 4.08. The van der Waals surface area contributed by atoms with Gasteiger partial charge in [-0.2, -0.15) is 0 Å². The molecule has 1 aliphatic heterocycles. The van der Waals surface area contributed by atoms with E-state index < -0.39 is 0 Å². The average Bonchev–Trinajstić information content (AvgIpc) is 2.74. The highest BCUT2D eigenvalue weighted by molar-refractivity contribution is 6.37. The van der Waals surface area contributed by atoms with Crippen molar-refractivity contribution in [3.63, 3.8) is 0 Å². The summed E-state index contributed by atoms with van der Waals surface area (Å²) in [5.74, 6) is 0.709. The van der Waals surface area contributed by atoms with E-state index in [1.165, 1.54) is 5.69 Å². The normalized spacial score (nSPS) is 16.0. The number of aromatic nitrogens is 1. The molecular formula is C23H25ClN4O. The lowest BCUT2D eigenvalue weighted by Crippen LogP contribution is -2.41. The number of halogens is 1. The smallest absolute Gasteiger partial charge is 0.138 e. The lowest BCUT2D eigenvalue weighted by molar-refractivity contribution is 0.131. The number of ether oxygens (including phenoxy) is 1. The minimum absolute atomic E-state index is 0.0303. The Morgan fingerprint density at radius 1 is 1.17 bits per heavy atom. The average molecular weight is 409 g/mol. The topological polar surface area (TPSA) is 75.2 Å². The minimum atomic E-state index is 0.0303. The lowest BCUT2D eigenvalue weighted by Gasteiger charge is -2.40. The summed E-state index contributed by atoms with van der Waals surface area (Å²) in [6.07, 6.45) is 5.78. The number of anilines is 1. The first-order valence-electron chi connectivity index (χ1n) is 9.80. The van der Waals surface area contributed by atoms with Crippen LogP contribution in [0.3, 0.4) is 0 Å². The zero-order chi connectivity index (χ0) is 20.4. The van der Waals surface area contributed by atoms with Crippen molar-refractivity contribution >= 4 is 33.9 Å². The zero-order valence-corrected chi connectivity index (χ0v) is 17.2. The molecule has 1 aromatic heterocycles. The van der Waals surface area contributed by atoms with Crippen molar-refractivity contribution < 1.29 is 4.74 Å². The fourth-order valence-electron chi connectivity index (χ4n) is 3.80. The summed E-state index contributed by atoms with van der Waals surface area (Å²) in [5.41, 5.74) is 7.60. The molecule has 1 aliphatic rings. The lowest BCUT2D eigenvalue weighted by atomic mass is 9.81. The number of piperidine rings is 1. The minimum Gasteiger partial charge on any atom is -0.491 e. The SMILES string of the molecule is CC1(COc2ccc3ccc(C(=N)N)cc3c2Cl)CCN(c2ccncc2)CC1. The van der Waals surface area contributed by atoms with Crippen molar-refractivity contribution in [1.29, 1.82) is 5.41 Å². The van der Waals surface area contributed by atoms with Crippen LogP contribution >= 0.6 is 11.6 Å². The molecule has 0 spiro atoms. The third kappa shape index (κ3) is 4.15. The summed E-state index contributed by atoms with van der Waals surface area (Å²) in [7, 11) is 0. The predicted molar refractivity (Wildman–Crippen MR) is 119 cm³/mol. The van der Waals surface area contributed by atoms with Gasteiger partial charge in [0.15, 0.2) is 0 Å². The molecule has 3 aromatic rings. The molecule has 6 heteroatoms. The number of rotatable bonds is 5. The molecule has 0 bridgehead atoms. The molecule has 1 fully saturated rings. The first-order valence-corrected chi connectivity index (χ1v) is 10.2. The van der Waals surface area contributed by atoms with Gasteiger partial charge in [-0.15, -0.1) is 0 Å². The third-order valence-electron chi connectivity index (χ3n) is 5.81. The highest BCUT2D eigenvalue weighted by Crippen LogP contribution is 2.37. The van der Waals surface area contributed by atoms with Crippen LogP contribution in [0, 0.1) is 10.8 Å². The van der Waals surface area contributed by atoms with Crippen LogP contribution in [0.5, 0.6) is 5.75 Å². The molecule has 2 aromatic carbocycles. The Labute approximate surface area is 176 Å². The Morgan fingerprint density at radius 3 is 2.55 bits per heavy atom. The number of fused-ring (bicyclic) bond motifs is 1. The van der Waals surface area contributed by atoms with Gasteiger partial charge in [0.25, 0.3) is 0 Å². The summed E-state index contributed by atoms with van der Waals surface area (Å²) < 4.78 is 6.18. The molecule has 0 saturated carbocycles. The van der Waals surface area contributed by atoms with E-state index in [9.17, 15) is 0 Å². The van der Waals surface area contributed by atoms with Gasteiger partial charge in [-0.25, -0.2) is 0 Å². The molecule has 3 N–H and O–H groups in total. The van der Waals surface area contributed by atoms with Crippen molar-refractivity contribution in [3.05, 3.63) is 65.4 Å². The van der Waals surface area contributed by atoms with Crippen molar-refractivity contribution in [2.24, 2.45) is 11.1 Å². The summed E-state index contributed by atoms with van der Waals surface area (Å²) in [5, 5.41) is 10.1. The molecule has 150 valence electrons. The van der Waals surface area contributed by atoms with Gasteiger partial charge in [0.05, 0.1) is 11.6 Å². The molecule has 0 atom stereocenters. The van der Waals surface area contributed by atoms with Crippen molar-refractivity contribution in [3.8, 4) is 5.75 Å². The number of hydrogen-bond donors (Lipinski definition) is 2. The van der Waals surface area contributed by atoms with Crippen molar-refractivity contribution in [1.82, 2.24) is 4.98 Å². The molecule has 0 radical (unpaired) electrons. The predicted octanol–water partition coefficient (Wildman–Crippen LogP) is 4.86. The molecule has 1 saturated heterocycles. The van der Waals surface area contributed by atoms with Gasteiger partial charge in [0, 0.05) is 47.5 Å². The molecule has 5 nitrogen and oxygen atoms in total. The van der Waals surface area contributed by atoms with Gasteiger partial charge in [-0.1, -0.05) is 36.7 Å². The van der Waals surface area contributed by atoms with Crippen LogP contribution in [0.1, 0.15) is 25.3 Å². The number of amidine groups is 1. The quantitative estimate of drug-likeness (QED) is 0.467. The second-order valence-corrected chi connectivity index (χ2v) is 8.40. The van der Waals surface area contributed by atoms with Gasteiger partial charge in [-0.05, 0) is 42.5 Å². The Kier molecular flexibility index (Phi) is 5.33. The van der Waals surface area contributed by atoms with Gasteiger partial charge in [0.1, 0.15) is 11.6 Å². The van der Waals surface area contributed by atoms with Crippen molar-refractivity contribution in [2.75, 3.05) is 24.6 Å². The van der Waals surface area contributed by atoms with Crippen LogP contribution in [-0.4, -0.2) is 30.5 Å². The maximum Gasteiger partial charge on any atom is 0.138 e. The van der Waals surface area contributed by atoms with Crippen LogP contribution in [0.4, 0.5) is 5.69 Å². The largest absolute Gasteiger partial charge is 0.491 e. The number of nitrogen functional groups attached to an aromatic ring is 1. The Morgan fingerprint density at radius 2 is 1.86 bits per heavy atom. The van der Waals surface area contributed by atoms with E-state index in [-0.39, 0.29) is 11.3 Å². The maximum absolute atomic E-state index is 7.65. The molecule has 29 heavy (non-hydrogen) atoms. The van der Waals surface area contributed by atoms with Gasteiger partial charge >= 0.3 is 0 Å². The monoisotopic (exact) mass is 408 g/mol. The van der Waals surface area contributed by atoms with E-state index in [2.05, 4.69) is 28.9 Å². The van der Waals surface area contributed by atoms with E-state index in [4.69, 9.17) is 27.5 Å². The Hall–Kier alpha value is -2.79. The Bertz CT molecular complexity index is 1030. The van der Waals surface area contributed by atoms with E-state index in [1.807, 2.05) is 42.7 Å². The third-order valence-corrected chi connectivity index (χ3v) is 6.20. The van der Waals surface area contributed by atoms with Crippen molar-refractivity contribution in [2.45, 2.75) is 19.8 Å². The standard InChI is InChI=1S/C23H25ClN4O/c1-23(8-12-28(13-9-23)18-6-10-27-11-7-18)15-29-20-5-4-16-2-3-17(22(25)26)14-19(16)21(20)24/h2-7,10-11,14H,8-9,12-13,15H2,1H3,(H3,25,26). The van der Waals surface area contributed by atoms with E-state index in [0.29, 0.717) is 22.9 Å². The number of nitrogens with zero attached hydrogens (tertiary/aromatic N) is 2. The molecular weight excluding hydrogens is 384 g/mol. The summed E-state index contributed by atoms with van der Waals surface area (Å²) in [6.45, 7) is 4.89. The first-order chi connectivity index (χ1) is 14.0. The van der Waals surface area contributed by atoms with Crippen LogP contribution in [0.25, 0.3) is 10.8 Å². The Balaban J connectivity index is 1.45. The second kappa shape index (κ2) is 7.91. The summed E-state index contributed by atoms with van der Waals surface area (Å²) in [6, 6.07) is 13.6. The van der Waals surface area contributed by atoms with E-state index in [1.54, 1.807) is 0 Å². The molecule has 2 heterocycles. The zero-order valence-electron chi connectivity index (χ0n) is 16.5. The highest BCUT2D eigenvalue weighted by atomic mass is 35.5. The maximum atomic E-state index is 7.65. The highest BCUT2D eigenvalue weighted by Gasteiger charge is 2.31. The number of pyridine rings is 1. The van der Waals surface area contributed by atoms with Crippen LogP contribution < -0.4 is 15.4 Å². The van der Waals surface area contributed by atoms with Gasteiger partial charge in [0.2, 0.25) is 0 Å². The van der Waals surface area contributed by atoms with Crippen LogP contribution in [0.15, 0.2) is 54.9 Å². The van der Waals surface area contributed by atoms with Gasteiger partial charge in [-0.3, -0.25) is 10.4 Å². The van der Waals surface area contributed by atoms with E-state index in [0.717, 1.165) is 36.7 Å². The van der Waals surface area contributed by atoms with Gasteiger partial charge < -0.3 is 15.4 Å². The number of nitrogens with two attached hydrogens (primary N) is 1. The molecule has 0 unspecified atom stereocenters. The summed E-state index contributed by atoms with van der Waals surface area (Å²) in [4.78, 5) is 6.50. The first kappa shape index (κ1) is 19.5. The molecule has 0 aliphatic carbocycles. The molecule has 4 rings (SSSR count). The number of nitrogens with one attached hydrogen (secondary N) is 1. The summed E-state index contributed by atoms with van der Waals surface area (Å²) >= 11 is 6.63. The van der Waals surface area contributed by atoms with Crippen LogP contribution in [0.2, 0.25) is 5.02 Å².